The maximum Gasteiger partial charge on any atom is 0.297 e. The first kappa shape index (κ1) is 12.4. The Balaban J connectivity index is 3.58. The summed E-state index contributed by atoms with van der Waals surface area (Å²) >= 11 is 0. The largest absolute Gasteiger partial charge is 0.496 e. The summed E-state index contributed by atoms with van der Waals surface area (Å²) in [6, 6.07) is 0. The topological polar surface area (TPSA) is 137 Å². The second-order valence-corrected chi connectivity index (χ2v) is 4.41. The molecule has 7 nitrogen and oxygen atoms in total. The molecule has 1 aliphatic carbocycles. The smallest absolute Gasteiger partial charge is 0.297 e. The average molecular weight is 245 g/mol. The van der Waals surface area contributed by atoms with E-state index < -0.39 is 20.9 Å². The van der Waals surface area contributed by atoms with E-state index in [-0.39, 0.29) is 23.5 Å². The minimum absolute atomic E-state index is 0.00488. The molecule has 0 aromatic rings. The average Bonchev–Trinajstić information content (AvgIpc) is 2.15. The molecule has 0 radical (unpaired) electrons. The van der Waals surface area contributed by atoms with Gasteiger partial charge < -0.3 is 15.9 Å². The fraction of sp³-hybridized carbons (Fsp3) is 0.250. The Labute approximate surface area is 92.4 Å². The molecule has 0 unspecified atom stereocenters. The molecule has 16 heavy (non-hydrogen) atoms. The number of allylic oxidation sites excluding steroid dienone is 2. The molecular formula is C8H11N3O4S. The van der Waals surface area contributed by atoms with Crippen LogP contribution < -0.4 is 5.73 Å². The van der Waals surface area contributed by atoms with Crippen LogP contribution in [-0.2, 0) is 14.9 Å². The number of hydrogen-bond acceptors (Lipinski definition) is 5. The molecular weight excluding hydrogens is 234 g/mol. The molecule has 0 saturated heterocycles. The molecule has 0 amide bonds. The Morgan fingerprint density at radius 1 is 1.62 bits per heavy atom. The van der Waals surface area contributed by atoms with Gasteiger partial charge in [-0.3, -0.25) is 9.96 Å². The van der Waals surface area contributed by atoms with Gasteiger partial charge in [0.25, 0.3) is 10.1 Å². The number of methoxy groups -OCH3 is 1. The van der Waals surface area contributed by atoms with Gasteiger partial charge in [0, 0.05) is 6.42 Å². The number of rotatable bonds is 3. The van der Waals surface area contributed by atoms with E-state index in [0.29, 0.717) is 0 Å². The summed E-state index contributed by atoms with van der Waals surface area (Å²) in [7, 11) is -3.32. The molecule has 0 bridgehead atoms. The van der Waals surface area contributed by atoms with Crippen LogP contribution in [0.3, 0.4) is 0 Å². The Kier molecular flexibility index (Phi) is 3.15. The third kappa shape index (κ3) is 2.12. The van der Waals surface area contributed by atoms with Crippen LogP contribution in [0.15, 0.2) is 22.3 Å². The zero-order valence-electron chi connectivity index (χ0n) is 8.44. The van der Waals surface area contributed by atoms with E-state index in [9.17, 15) is 8.42 Å². The van der Waals surface area contributed by atoms with Crippen LogP contribution in [0.25, 0.3) is 0 Å². The molecule has 1 aliphatic rings. The van der Waals surface area contributed by atoms with Gasteiger partial charge in [-0.1, -0.05) is 0 Å². The minimum atomic E-state index is -4.60. The highest BCUT2D eigenvalue weighted by Crippen LogP contribution is 2.26. The fourth-order valence-electron chi connectivity index (χ4n) is 1.38. The lowest BCUT2D eigenvalue weighted by Gasteiger charge is -2.18. The van der Waals surface area contributed by atoms with Crippen LogP contribution in [0.1, 0.15) is 6.42 Å². The van der Waals surface area contributed by atoms with Crippen molar-refractivity contribution >= 4 is 21.7 Å². The number of nitrogens with one attached hydrogen (secondary N) is 2. The van der Waals surface area contributed by atoms with Crippen molar-refractivity contribution in [3.63, 3.8) is 0 Å². The van der Waals surface area contributed by atoms with E-state index in [1.165, 1.54) is 13.2 Å². The first-order valence-corrected chi connectivity index (χ1v) is 5.61. The lowest BCUT2D eigenvalue weighted by molar-refractivity contribution is 0.301. The summed E-state index contributed by atoms with van der Waals surface area (Å²) in [5, 5.41) is 14.7. The van der Waals surface area contributed by atoms with Gasteiger partial charge in [0.1, 0.15) is 16.5 Å². The Morgan fingerprint density at radius 3 is 2.56 bits per heavy atom. The van der Waals surface area contributed by atoms with Crippen molar-refractivity contribution in [2.75, 3.05) is 7.11 Å². The lowest BCUT2D eigenvalue weighted by Crippen LogP contribution is -2.26. The predicted molar refractivity (Wildman–Crippen MR) is 57.9 cm³/mol. The number of amidine groups is 1. The van der Waals surface area contributed by atoms with Crippen LogP contribution >= 0.6 is 0 Å². The zero-order chi connectivity index (χ0) is 12.5. The van der Waals surface area contributed by atoms with E-state index in [0.717, 1.165) is 0 Å². The third-order valence-electron chi connectivity index (χ3n) is 1.99. The second-order valence-electron chi connectivity index (χ2n) is 3.05. The number of hydrogen-bond donors (Lipinski definition) is 4. The highest BCUT2D eigenvalue weighted by Gasteiger charge is 2.31. The van der Waals surface area contributed by atoms with Crippen LogP contribution in [0, 0.1) is 10.8 Å². The van der Waals surface area contributed by atoms with Crippen LogP contribution in [-0.4, -0.2) is 31.6 Å². The van der Waals surface area contributed by atoms with Crippen molar-refractivity contribution in [2.24, 2.45) is 5.73 Å². The van der Waals surface area contributed by atoms with Crippen molar-refractivity contribution < 1.29 is 17.7 Å². The molecule has 1 rings (SSSR count). The fourth-order valence-corrected chi connectivity index (χ4v) is 2.24. The van der Waals surface area contributed by atoms with E-state index in [1.54, 1.807) is 0 Å². The highest BCUT2D eigenvalue weighted by molar-refractivity contribution is 7.91. The molecule has 5 N–H and O–H groups in total. The summed E-state index contributed by atoms with van der Waals surface area (Å²) in [5.41, 5.74) is 4.61. The molecule has 0 aromatic heterocycles. The molecule has 0 aromatic carbocycles. The van der Waals surface area contributed by atoms with Crippen molar-refractivity contribution in [1.82, 2.24) is 0 Å². The van der Waals surface area contributed by atoms with Crippen molar-refractivity contribution in [3.8, 4) is 0 Å². The summed E-state index contributed by atoms with van der Waals surface area (Å²) in [5.74, 6) is -0.513. The lowest BCUT2D eigenvalue weighted by atomic mass is 10.0. The normalized spacial score (nSPS) is 17.1. The maximum absolute atomic E-state index is 11.1. The van der Waals surface area contributed by atoms with Crippen LogP contribution in [0.5, 0.6) is 0 Å². The summed E-state index contributed by atoms with van der Waals surface area (Å²) in [4.78, 5) is -0.667. The Bertz CT molecular complexity index is 515. The Morgan fingerprint density at radius 2 is 2.19 bits per heavy atom. The first-order chi connectivity index (χ1) is 7.29. The third-order valence-corrected chi connectivity index (χ3v) is 2.95. The standard InChI is InChI=1S/C8H11N3O4S/c1-15-5-3-2-4(9)7(16(12,13)14)6(5)8(10)11/h3,9H,2H2,1H3,(H3,10,11)(H,12,13,14). The van der Waals surface area contributed by atoms with Gasteiger partial charge in [0.2, 0.25) is 0 Å². The summed E-state index contributed by atoms with van der Waals surface area (Å²) in [6.07, 6.45) is 1.42. The zero-order valence-corrected chi connectivity index (χ0v) is 9.26. The molecule has 0 saturated carbocycles. The van der Waals surface area contributed by atoms with Gasteiger partial charge in [-0.2, -0.15) is 8.42 Å². The van der Waals surface area contributed by atoms with Crippen LogP contribution in [0.4, 0.5) is 0 Å². The molecule has 0 spiro atoms. The van der Waals surface area contributed by atoms with Gasteiger partial charge in [0.15, 0.2) is 0 Å². The van der Waals surface area contributed by atoms with Gasteiger partial charge in [0.05, 0.1) is 18.4 Å². The van der Waals surface area contributed by atoms with E-state index in [1.807, 2.05) is 0 Å². The monoisotopic (exact) mass is 245 g/mol. The predicted octanol–water partition coefficient (Wildman–Crippen LogP) is 0.0180. The second kappa shape index (κ2) is 4.06. The van der Waals surface area contributed by atoms with E-state index in [4.69, 9.17) is 25.8 Å². The van der Waals surface area contributed by atoms with E-state index in [2.05, 4.69) is 0 Å². The van der Waals surface area contributed by atoms with E-state index >= 15 is 0 Å². The van der Waals surface area contributed by atoms with Gasteiger partial charge in [-0.25, -0.2) is 0 Å². The summed E-state index contributed by atoms with van der Waals surface area (Å²) < 4.78 is 36.0. The highest BCUT2D eigenvalue weighted by atomic mass is 32.2. The molecule has 0 aliphatic heterocycles. The van der Waals surface area contributed by atoms with Crippen molar-refractivity contribution in [3.05, 3.63) is 22.3 Å². The molecule has 0 heterocycles. The van der Waals surface area contributed by atoms with Gasteiger partial charge in [-0.05, 0) is 6.08 Å². The molecule has 8 heteroatoms. The van der Waals surface area contributed by atoms with Crippen molar-refractivity contribution in [2.45, 2.75) is 6.42 Å². The van der Waals surface area contributed by atoms with Gasteiger partial charge in [-0.15, -0.1) is 0 Å². The number of nitrogens with two attached hydrogens (primary N) is 1. The SMILES string of the molecule is COC1=CCC(=N)C(S(=O)(=O)O)=C1C(=N)N. The maximum atomic E-state index is 11.1. The quantitative estimate of drug-likeness (QED) is 0.315. The first-order valence-electron chi connectivity index (χ1n) is 4.17. The molecule has 0 atom stereocenters. The molecule has 0 fully saturated rings. The summed E-state index contributed by atoms with van der Waals surface area (Å²) in [6.45, 7) is 0. The van der Waals surface area contributed by atoms with Gasteiger partial charge >= 0.3 is 0 Å². The van der Waals surface area contributed by atoms with Crippen LogP contribution in [0.2, 0.25) is 0 Å². The minimum Gasteiger partial charge on any atom is -0.496 e. The van der Waals surface area contributed by atoms with Crippen molar-refractivity contribution in [1.29, 1.82) is 10.8 Å². The molecule has 88 valence electrons. The Hall–Kier alpha value is -1.67. The number of ether oxygens (including phenoxy) is 1.